The molecule has 1 atom stereocenters. The number of ether oxygens (including phenoxy) is 1. The van der Waals surface area contributed by atoms with E-state index in [1.807, 2.05) is 26.0 Å². The first-order valence-corrected chi connectivity index (χ1v) is 5.58. The molecule has 0 heterocycles. The lowest BCUT2D eigenvalue weighted by molar-refractivity contribution is -0.126. The van der Waals surface area contributed by atoms with E-state index in [-0.39, 0.29) is 12.5 Å². The molecule has 1 rings (SSSR count). The van der Waals surface area contributed by atoms with Gasteiger partial charge in [0.1, 0.15) is 5.75 Å². The quantitative estimate of drug-likeness (QED) is 0.830. The zero-order valence-corrected chi connectivity index (χ0v) is 10.7. The van der Waals surface area contributed by atoms with Crippen LogP contribution in [0.15, 0.2) is 12.1 Å². The number of carbonyl (C=O) groups is 1. The smallest absolute Gasteiger partial charge is 0.260 e. The third-order valence-electron chi connectivity index (χ3n) is 2.61. The fourth-order valence-electron chi connectivity index (χ4n) is 1.75. The maximum Gasteiger partial charge on any atom is 0.260 e. The van der Waals surface area contributed by atoms with Crippen molar-refractivity contribution in [1.29, 1.82) is 0 Å². The first-order valence-electron chi connectivity index (χ1n) is 5.58. The molecule has 0 aliphatic carbocycles. The van der Waals surface area contributed by atoms with Crippen LogP contribution in [-0.2, 0) is 11.4 Å². The van der Waals surface area contributed by atoms with Gasteiger partial charge in [0.2, 0.25) is 0 Å². The SMILES string of the molecule is CNC(=O)C(C)Oc1c(C)cc(CO)cc1C. The Bertz CT molecular complexity index is 392. The lowest BCUT2D eigenvalue weighted by Gasteiger charge is -2.17. The van der Waals surface area contributed by atoms with Crippen LogP contribution in [0.3, 0.4) is 0 Å². The van der Waals surface area contributed by atoms with Crippen LogP contribution in [-0.4, -0.2) is 24.2 Å². The second-order valence-electron chi connectivity index (χ2n) is 4.09. The minimum atomic E-state index is -0.530. The fraction of sp³-hybridized carbons (Fsp3) is 0.462. The van der Waals surface area contributed by atoms with Crippen LogP contribution in [0.1, 0.15) is 23.6 Å². The van der Waals surface area contributed by atoms with Crippen LogP contribution in [0.2, 0.25) is 0 Å². The summed E-state index contributed by atoms with van der Waals surface area (Å²) in [6.45, 7) is 5.51. The van der Waals surface area contributed by atoms with E-state index in [0.717, 1.165) is 16.7 Å². The molecule has 0 bridgehead atoms. The Labute approximate surface area is 102 Å². The molecular weight excluding hydrogens is 218 g/mol. The summed E-state index contributed by atoms with van der Waals surface area (Å²) in [6.07, 6.45) is -0.530. The number of aliphatic hydroxyl groups excluding tert-OH is 1. The van der Waals surface area contributed by atoms with E-state index in [2.05, 4.69) is 5.32 Å². The molecule has 0 saturated carbocycles. The molecule has 1 amide bonds. The minimum Gasteiger partial charge on any atom is -0.480 e. The van der Waals surface area contributed by atoms with Crippen molar-refractivity contribution in [3.63, 3.8) is 0 Å². The normalized spacial score (nSPS) is 12.1. The van der Waals surface area contributed by atoms with Crippen molar-refractivity contribution < 1.29 is 14.6 Å². The second kappa shape index (κ2) is 5.68. The van der Waals surface area contributed by atoms with Crippen LogP contribution in [0.25, 0.3) is 0 Å². The third-order valence-corrected chi connectivity index (χ3v) is 2.61. The van der Waals surface area contributed by atoms with Gasteiger partial charge in [-0.2, -0.15) is 0 Å². The first-order chi connectivity index (χ1) is 7.99. The van der Waals surface area contributed by atoms with Gasteiger partial charge in [-0.3, -0.25) is 4.79 Å². The van der Waals surface area contributed by atoms with Crippen molar-refractivity contribution in [2.75, 3.05) is 7.05 Å². The summed E-state index contributed by atoms with van der Waals surface area (Å²) in [5.41, 5.74) is 2.69. The lowest BCUT2D eigenvalue weighted by Crippen LogP contribution is -2.34. The molecule has 4 heteroatoms. The van der Waals surface area contributed by atoms with Crippen LogP contribution in [0.4, 0.5) is 0 Å². The highest BCUT2D eigenvalue weighted by Crippen LogP contribution is 2.25. The Kier molecular flexibility index (Phi) is 4.52. The largest absolute Gasteiger partial charge is 0.480 e. The van der Waals surface area contributed by atoms with Crippen molar-refractivity contribution in [2.24, 2.45) is 0 Å². The number of aliphatic hydroxyl groups is 1. The van der Waals surface area contributed by atoms with Crippen molar-refractivity contribution in [2.45, 2.75) is 33.5 Å². The number of rotatable bonds is 4. The predicted molar refractivity (Wildman–Crippen MR) is 66.0 cm³/mol. The number of hydrogen-bond acceptors (Lipinski definition) is 3. The average Bonchev–Trinajstić information content (AvgIpc) is 2.31. The van der Waals surface area contributed by atoms with Gasteiger partial charge >= 0.3 is 0 Å². The Hall–Kier alpha value is -1.55. The maximum absolute atomic E-state index is 11.4. The molecule has 1 aromatic rings. The average molecular weight is 237 g/mol. The molecule has 94 valence electrons. The number of amides is 1. The molecule has 0 saturated heterocycles. The van der Waals surface area contributed by atoms with Crippen LogP contribution >= 0.6 is 0 Å². The molecule has 4 nitrogen and oxygen atoms in total. The maximum atomic E-state index is 11.4. The van der Waals surface area contributed by atoms with E-state index in [9.17, 15) is 4.79 Å². The highest BCUT2D eigenvalue weighted by Gasteiger charge is 2.15. The van der Waals surface area contributed by atoms with Crippen molar-refractivity contribution in [1.82, 2.24) is 5.32 Å². The monoisotopic (exact) mass is 237 g/mol. The third kappa shape index (κ3) is 3.20. The standard InChI is InChI=1S/C13H19NO3/c1-8-5-11(7-15)6-9(2)12(8)17-10(3)13(16)14-4/h5-6,10,15H,7H2,1-4H3,(H,14,16). The van der Waals surface area contributed by atoms with Gasteiger partial charge in [-0.15, -0.1) is 0 Å². The van der Waals surface area contributed by atoms with E-state index >= 15 is 0 Å². The molecule has 0 fully saturated rings. The summed E-state index contributed by atoms with van der Waals surface area (Å²) in [4.78, 5) is 11.4. The molecular formula is C13H19NO3. The molecule has 0 aliphatic rings. The second-order valence-corrected chi connectivity index (χ2v) is 4.09. The molecule has 0 spiro atoms. The number of hydrogen-bond donors (Lipinski definition) is 2. The number of carbonyl (C=O) groups excluding carboxylic acids is 1. The number of benzene rings is 1. The summed E-state index contributed by atoms with van der Waals surface area (Å²) >= 11 is 0. The van der Waals surface area contributed by atoms with Gasteiger partial charge in [0.05, 0.1) is 6.61 Å². The Morgan fingerprint density at radius 1 is 1.41 bits per heavy atom. The molecule has 2 N–H and O–H groups in total. The summed E-state index contributed by atoms with van der Waals surface area (Å²) in [6, 6.07) is 3.72. The minimum absolute atomic E-state index is 0.00690. The van der Waals surface area contributed by atoms with Gasteiger partial charge in [-0.1, -0.05) is 12.1 Å². The Balaban J connectivity index is 2.95. The molecule has 0 aromatic heterocycles. The van der Waals surface area contributed by atoms with Crippen molar-refractivity contribution >= 4 is 5.91 Å². The molecule has 17 heavy (non-hydrogen) atoms. The zero-order valence-electron chi connectivity index (χ0n) is 10.7. The van der Waals surface area contributed by atoms with E-state index in [1.165, 1.54) is 0 Å². The molecule has 0 radical (unpaired) electrons. The zero-order chi connectivity index (χ0) is 13.0. The summed E-state index contributed by atoms with van der Waals surface area (Å²) in [5, 5.41) is 11.6. The highest BCUT2D eigenvalue weighted by atomic mass is 16.5. The van der Waals surface area contributed by atoms with Crippen molar-refractivity contribution in [3.8, 4) is 5.75 Å². The van der Waals surface area contributed by atoms with E-state index in [0.29, 0.717) is 5.75 Å². The van der Waals surface area contributed by atoms with Gasteiger partial charge in [0.15, 0.2) is 6.10 Å². The fourth-order valence-corrected chi connectivity index (χ4v) is 1.75. The van der Waals surface area contributed by atoms with Gasteiger partial charge in [-0.05, 0) is 37.5 Å². The van der Waals surface area contributed by atoms with Gasteiger partial charge in [0, 0.05) is 7.05 Å². The summed E-state index contributed by atoms with van der Waals surface area (Å²) < 4.78 is 5.63. The number of likely N-dealkylation sites (N-methyl/N-ethyl adjacent to an activating group) is 1. The molecule has 1 aromatic carbocycles. The molecule has 0 aliphatic heterocycles. The summed E-state index contributed by atoms with van der Waals surface area (Å²) in [7, 11) is 1.58. The first kappa shape index (κ1) is 13.5. The van der Waals surface area contributed by atoms with Gasteiger partial charge in [0.25, 0.3) is 5.91 Å². The molecule has 1 unspecified atom stereocenters. The summed E-state index contributed by atoms with van der Waals surface area (Å²) in [5.74, 6) is 0.549. The van der Waals surface area contributed by atoms with Gasteiger partial charge < -0.3 is 15.2 Å². The highest BCUT2D eigenvalue weighted by molar-refractivity contribution is 5.80. The predicted octanol–water partition coefficient (Wildman–Crippen LogP) is 1.31. The lowest BCUT2D eigenvalue weighted by atomic mass is 10.1. The van der Waals surface area contributed by atoms with Gasteiger partial charge in [-0.25, -0.2) is 0 Å². The van der Waals surface area contributed by atoms with Crippen LogP contribution < -0.4 is 10.1 Å². The van der Waals surface area contributed by atoms with E-state index in [1.54, 1.807) is 14.0 Å². The number of nitrogens with one attached hydrogen (secondary N) is 1. The Morgan fingerprint density at radius 3 is 2.35 bits per heavy atom. The van der Waals surface area contributed by atoms with E-state index in [4.69, 9.17) is 9.84 Å². The Morgan fingerprint density at radius 2 is 1.94 bits per heavy atom. The number of aryl methyl sites for hydroxylation is 2. The topological polar surface area (TPSA) is 58.6 Å². The van der Waals surface area contributed by atoms with Crippen molar-refractivity contribution in [3.05, 3.63) is 28.8 Å². The van der Waals surface area contributed by atoms with E-state index < -0.39 is 6.10 Å². The van der Waals surface area contributed by atoms with Crippen LogP contribution in [0.5, 0.6) is 5.75 Å². The van der Waals surface area contributed by atoms with Crippen LogP contribution in [0, 0.1) is 13.8 Å².